The van der Waals surface area contributed by atoms with E-state index in [0.29, 0.717) is 16.9 Å². The molecule has 0 atom stereocenters. The van der Waals surface area contributed by atoms with Gasteiger partial charge in [0.1, 0.15) is 0 Å². The third-order valence-electron chi connectivity index (χ3n) is 3.65. The lowest BCUT2D eigenvalue weighted by atomic mass is 10.1. The highest BCUT2D eigenvalue weighted by Crippen LogP contribution is 2.14. The van der Waals surface area contributed by atoms with Crippen LogP contribution in [0.25, 0.3) is 0 Å². The Balaban J connectivity index is 1.84. The van der Waals surface area contributed by atoms with Crippen molar-refractivity contribution < 1.29 is 14.4 Å². The quantitative estimate of drug-likeness (QED) is 0.746. The zero-order chi connectivity index (χ0) is 19.1. The van der Waals surface area contributed by atoms with Crippen molar-refractivity contribution in [2.45, 2.75) is 20.8 Å². The Kier molecular flexibility index (Phi) is 6.49. The van der Waals surface area contributed by atoms with E-state index < -0.39 is 0 Å². The van der Waals surface area contributed by atoms with E-state index in [0.717, 1.165) is 5.56 Å². The van der Waals surface area contributed by atoms with Crippen molar-refractivity contribution in [1.29, 1.82) is 0 Å². The molecule has 0 saturated heterocycles. The first kappa shape index (κ1) is 19.2. The smallest absolute Gasteiger partial charge is 0.251 e. The lowest BCUT2D eigenvalue weighted by Crippen LogP contribution is -2.32. The van der Waals surface area contributed by atoms with E-state index in [1.807, 2.05) is 26.8 Å². The summed E-state index contributed by atoms with van der Waals surface area (Å²) in [5, 5.41) is 8.06. The lowest BCUT2D eigenvalue weighted by Gasteiger charge is -2.10. The zero-order valence-corrected chi connectivity index (χ0v) is 15.1. The summed E-state index contributed by atoms with van der Waals surface area (Å²) in [6, 6.07) is 14.0. The van der Waals surface area contributed by atoms with Gasteiger partial charge in [-0.3, -0.25) is 14.4 Å². The Labute approximate surface area is 153 Å². The number of anilines is 2. The van der Waals surface area contributed by atoms with Crippen LogP contribution in [0.5, 0.6) is 0 Å². The molecule has 0 fully saturated rings. The Bertz CT molecular complexity index is 798. The minimum Gasteiger partial charge on any atom is -0.343 e. The fraction of sp³-hybridized carbons (Fsp3) is 0.250. The molecule has 6 heteroatoms. The molecule has 2 aromatic carbocycles. The maximum atomic E-state index is 12.0. The van der Waals surface area contributed by atoms with E-state index in [1.165, 1.54) is 0 Å². The molecule has 0 aliphatic carbocycles. The van der Waals surface area contributed by atoms with Crippen LogP contribution in [0.15, 0.2) is 48.5 Å². The van der Waals surface area contributed by atoms with Gasteiger partial charge in [0, 0.05) is 22.9 Å². The number of aryl methyl sites for hydroxylation is 1. The minimum absolute atomic E-state index is 0.0688. The second kappa shape index (κ2) is 8.80. The molecule has 0 aliphatic heterocycles. The largest absolute Gasteiger partial charge is 0.343 e. The average Bonchev–Trinajstić information content (AvgIpc) is 2.61. The zero-order valence-electron chi connectivity index (χ0n) is 15.1. The highest BCUT2D eigenvalue weighted by atomic mass is 16.2. The van der Waals surface area contributed by atoms with Gasteiger partial charge < -0.3 is 16.0 Å². The maximum absolute atomic E-state index is 12.0. The molecule has 0 bridgehead atoms. The van der Waals surface area contributed by atoms with Gasteiger partial charge in [0.25, 0.3) is 5.91 Å². The van der Waals surface area contributed by atoms with Crippen molar-refractivity contribution in [3.63, 3.8) is 0 Å². The van der Waals surface area contributed by atoms with Crippen LogP contribution in [-0.2, 0) is 9.59 Å². The Morgan fingerprint density at radius 1 is 0.923 bits per heavy atom. The molecule has 0 heterocycles. The number of nitrogens with one attached hydrogen (secondary N) is 3. The van der Waals surface area contributed by atoms with Crippen LogP contribution in [0, 0.1) is 12.8 Å². The Morgan fingerprint density at radius 3 is 2.12 bits per heavy atom. The van der Waals surface area contributed by atoms with E-state index in [-0.39, 0.29) is 30.2 Å². The summed E-state index contributed by atoms with van der Waals surface area (Å²) in [5.41, 5.74) is 2.74. The van der Waals surface area contributed by atoms with Gasteiger partial charge in [-0.15, -0.1) is 0 Å². The monoisotopic (exact) mass is 353 g/mol. The van der Waals surface area contributed by atoms with Crippen LogP contribution < -0.4 is 16.0 Å². The van der Waals surface area contributed by atoms with E-state index >= 15 is 0 Å². The van der Waals surface area contributed by atoms with Gasteiger partial charge >= 0.3 is 0 Å². The topological polar surface area (TPSA) is 87.3 Å². The third kappa shape index (κ3) is 5.73. The highest BCUT2D eigenvalue weighted by Gasteiger charge is 2.09. The van der Waals surface area contributed by atoms with E-state index in [2.05, 4.69) is 16.0 Å². The van der Waals surface area contributed by atoms with Gasteiger partial charge in [-0.25, -0.2) is 0 Å². The average molecular weight is 353 g/mol. The van der Waals surface area contributed by atoms with Gasteiger partial charge in [0.15, 0.2) is 0 Å². The molecule has 0 unspecified atom stereocenters. The van der Waals surface area contributed by atoms with Crippen LogP contribution >= 0.6 is 0 Å². The van der Waals surface area contributed by atoms with Gasteiger partial charge in [0.05, 0.1) is 6.54 Å². The fourth-order valence-electron chi connectivity index (χ4n) is 2.18. The first-order valence-electron chi connectivity index (χ1n) is 8.41. The molecular formula is C20H23N3O3. The molecule has 2 aromatic rings. The first-order chi connectivity index (χ1) is 12.3. The normalized spacial score (nSPS) is 10.3. The molecule has 6 nitrogen and oxygen atoms in total. The molecule has 0 spiro atoms. The van der Waals surface area contributed by atoms with Crippen LogP contribution in [0.3, 0.4) is 0 Å². The third-order valence-corrected chi connectivity index (χ3v) is 3.65. The second-order valence-electron chi connectivity index (χ2n) is 6.32. The Hall–Kier alpha value is -3.15. The standard InChI is InChI=1S/C20H23N3O3/c1-13(2)19(25)23-17-9-7-16(8-10-17)22-18(24)12-21-20(26)15-6-4-5-14(3)11-15/h4-11,13H,12H2,1-3H3,(H,21,26)(H,22,24)(H,23,25). The number of hydrogen-bond acceptors (Lipinski definition) is 3. The maximum Gasteiger partial charge on any atom is 0.251 e. The summed E-state index contributed by atoms with van der Waals surface area (Å²) in [7, 11) is 0. The molecule has 136 valence electrons. The molecule has 2 rings (SSSR count). The first-order valence-corrected chi connectivity index (χ1v) is 8.41. The predicted molar refractivity (Wildman–Crippen MR) is 102 cm³/mol. The highest BCUT2D eigenvalue weighted by molar-refractivity contribution is 5.99. The number of carbonyl (C=O) groups is 3. The van der Waals surface area contributed by atoms with Crippen molar-refractivity contribution in [3.05, 3.63) is 59.7 Å². The van der Waals surface area contributed by atoms with Gasteiger partial charge in [-0.2, -0.15) is 0 Å². The number of hydrogen-bond donors (Lipinski definition) is 3. The van der Waals surface area contributed by atoms with Crippen LogP contribution in [-0.4, -0.2) is 24.3 Å². The number of benzene rings is 2. The van der Waals surface area contributed by atoms with Crippen molar-refractivity contribution in [2.75, 3.05) is 17.2 Å². The summed E-state index contributed by atoms with van der Waals surface area (Å²) >= 11 is 0. The van der Waals surface area contributed by atoms with Crippen LogP contribution in [0.1, 0.15) is 29.8 Å². The van der Waals surface area contributed by atoms with E-state index in [4.69, 9.17) is 0 Å². The fourth-order valence-corrected chi connectivity index (χ4v) is 2.18. The molecule has 0 aromatic heterocycles. The van der Waals surface area contributed by atoms with Crippen LogP contribution in [0.2, 0.25) is 0 Å². The second-order valence-corrected chi connectivity index (χ2v) is 6.32. The van der Waals surface area contributed by atoms with Gasteiger partial charge in [-0.1, -0.05) is 31.5 Å². The summed E-state index contributed by atoms with van der Waals surface area (Å²) < 4.78 is 0. The minimum atomic E-state index is -0.329. The van der Waals surface area contributed by atoms with E-state index in [9.17, 15) is 14.4 Å². The summed E-state index contributed by atoms with van der Waals surface area (Å²) in [6.45, 7) is 5.40. The summed E-state index contributed by atoms with van der Waals surface area (Å²) in [4.78, 5) is 35.6. The van der Waals surface area contributed by atoms with Gasteiger partial charge in [-0.05, 0) is 43.3 Å². The molecule has 0 radical (unpaired) electrons. The number of rotatable bonds is 6. The lowest BCUT2D eigenvalue weighted by molar-refractivity contribution is -0.119. The molecule has 3 N–H and O–H groups in total. The summed E-state index contributed by atoms with van der Waals surface area (Å²) in [6.07, 6.45) is 0. The molecule has 3 amide bonds. The van der Waals surface area contributed by atoms with E-state index in [1.54, 1.807) is 42.5 Å². The molecular weight excluding hydrogens is 330 g/mol. The number of amides is 3. The SMILES string of the molecule is Cc1cccc(C(=O)NCC(=O)Nc2ccc(NC(=O)C(C)C)cc2)c1. The molecule has 0 aliphatic rings. The molecule has 0 saturated carbocycles. The van der Waals surface area contributed by atoms with Crippen molar-refractivity contribution >= 4 is 29.1 Å². The van der Waals surface area contributed by atoms with Crippen LogP contribution in [0.4, 0.5) is 11.4 Å². The molecule has 26 heavy (non-hydrogen) atoms. The predicted octanol–water partition coefficient (Wildman–Crippen LogP) is 2.96. The Morgan fingerprint density at radius 2 is 1.54 bits per heavy atom. The summed E-state index contributed by atoms with van der Waals surface area (Å²) in [5.74, 6) is -0.799. The van der Waals surface area contributed by atoms with Crippen molar-refractivity contribution in [1.82, 2.24) is 5.32 Å². The van der Waals surface area contributed by atoms with Crippen molar-refractivity contribution in [2.24, 2.45) is 5.92 Å². The number of carbonyl (C=O) groups excluding carboxylic acids is 3. The van der Waals surface area contributed by atoms with Gasteiger partial charge in [0.2, 0.25) is 11.8 Å². The van der Waals surface area contributed by atoms with Crippen molar-refractivity contribution in [3.8, 4) is 0 Å².